The molecule has 0 aliphatic carbocycles. The Morgan fingerprint density at radius 3 is 2.41 bits per heavy atom. The number of benzene rings is 1. The van der Waals surface area contributed by atoms with Gasteiger partial charge in [-0.2, -0.15) is 22.5 Å². The number of hydrogen-bond donors (Lipinski definition) is 0. The van der Waals surface area contributed by atoms with Crippen molar-refractivity contribution in [2.75, 3.05) is 27.4 Å². The molecule has 7 nitrogen and oxygen atoms in total. The Balaban J connectivity index is 2.69. The van der Waals surface area contributed by atoms with Crippen LogP contribution in [0.25, 0.3) is 5.69 Å². The number of nitrogens with zero attached hydrogens (tertiary/aromatic N) is 2. The predicted octanol–water partition coefficient (Wildman–Crippen LogP) is 2.99. The van der Waals surface area contributed by atoms with E-state index < -0.39 is 57.3 Å². The molecule has 0 spiro atoms. The third kappa shape index (κ3) is 4.65. The van der Waals surface area contributed by atoms with Crippen LogP contribution in [0.1, 0.15) is 16.1 Å². The van der Waals surface area contributed by atoms with Gasteiger partial charge in [-0.1, -0.05) is 11.6 Å². The van der Waals surface area contributed by atoms with E-state index in [4.69, 9.17) is 21.1 Å². The number of esters is 1. The summed E-state index contributed by atoms with van der Waals surface area (Å²) in [5.74, 6) is -4.58. The summed E-state index contributed by atoms with van der Waals surface area (Å²) in [6.45, 7) is -0.142. The first-order chi connectivity index (χ1) is 13.5. The molecule has 0 aliphatic rings. The minimum Gasteiger partial charge on any atom is -0.468 e. The van der Waals surface area contributed by atoms with Gasteiger partial charge < -0.3 is 14.2 Å². The summed E-state index contributed by atoms with van der Waals surface area (Å²) in [6.07, 6.45) is -5.30. The molecule has 13 heteroatoms. The van der Waals surface area contributed by atoms with Gasteiger partial charge in [0.1, 0.15) is 12.4 Å². The second-order valence-corrected chi connectivity index (χ2v) is 5.72. The van der Waals surface area contributed by atoms with Gasteiger partial charge in [0.05, 0.1) is 30.0 Å². The number of alkyl halides is 3. The topological polar surface area (TPSA) is 79.7 Å². The van der Waals surface area contributed by atoms with Crippen LogP contribution >= 0.6 is 11.6 Å². The van der Waals surface area contributed by atoms with E-state index in [0.29, 0.717) is 12.1 Å². The van der Waals surface area contributed by atoms with Crippen LogP contribution in [0, 0.1) is 11.6 Å². The largest absolute Gasteiger partial charge is 0.468 e. The average Bonchev–Trinajstić information content (AvgIpc) is 2.63. The number of ether oxygens (including phenoxy) is 3. The molecule has 2 rings (SSSR count). The van der Waals surface area contributed by atoms with Gasteiger partial charge in [0.15, 0.2) is 5.69 Å². The highest BCUT2D eigenvalue weighted by atomic mass is 35.5. The summed E-state index contributed by atoms with van der Waals surface area (Å²) >= 11 is 5.80. The molecule has 0 amide bonds. The van der Waals surface area contributed by atoms with Crippen LogP contribution in [0.5, 0.6) is 6.01 Å². The lowest BCUT2D eigenvalue weighted by molar-refractivity contribution is -0.144. The number of methoxy groups -OCH3 is 2. The van der Waals surface area contributed by atoms with E-state index in [-0.39, 0.29) is 17.8 Å². The maximum absolute atomic E-state index is 14.4. The Labute approximate surface area is 164 Å². The molecule has 0 radical (unpaired) electrons. The quantitative estimate of drug-likeness (QED) is 0.389. The van der Waals surface area contributed by atoms with Crippen molar-refractivity contribution >= 4 is 17.6 Å². The Bertz CT molecular complexity index is 993. The van der Waals surface area contributed by atoms with Crippen LogP contribution < -0.4 is 10.3 Å². The summed E-state index contributed by atoms with van der Waals surface area (Å²) in [5, 5.41) is -0.416. The Kier molecular flexibility index (Phi) is 6.80. The van der Waals surface area contributed by atoms with Gasteiger partial charge in [0, 0.05) is 7.11 Å². The van der Waals surface area contributed by atoms with Gasteiger partial charge in [-0.3, -0.25) is 4.79 Å². The lowest BCUT2D eigenvalue weighted by atomic mass is 10.2. The van der Waals surface area contributed by atoms with Crippen molar-refractivity contribution in [2.24, 2.45) is 0 Å². The van der Waals surface area contributed by atoms with Crippen molar-refractivity contribution in [1.29, 1.82) is 0 Å². The molecule has 0 bridgehead atoms. The van der Waals surface area contributed by atoms with Gasteiger partial charge in [-0.15, -0.1) is 0 Å². The summed E-state index contributed by atoms with van der Waals surface area (Å²) in [4.78, 5) is 27.2. The second-order valence-electron chi connectivity index (χ2n) is 5.31. The van der Waals surface area contributed by atoms with Gasteiger partial charge in [0.2, 0.25) is 5.82 Å². The van der Waals surface area contributed by atoms with E-state index >= 15 is 0 Å². The van der Waals surface area contributed by atoms with Crippen molar-refractivity contribution < 1.29 is 41.0 Å². The first-order valence-electron chi connectivity index (χ1n) is 7.62. The van der Waals surface area contributed by atoms with E-state index in [1.165, 1.54) is 7.11 Å². The fraction of sp³-hybridized carbons (Fsp3) is 0.312. The fourth-order valence-electron chi connectivity index (χ4n) is 2.18. The highest BCUT2D eigenvalue weighted by Crippen LogP contribution is 2.31. The lowest BCUT2D eigenvalue weighted by Crippen LogP contribution is -2.30. The molecular formula is C16H12ClF5N2O5. The van der Waals surface area contributed by atoms with Crippen LogP contribution in [0.4, 0.5) is 22.0 Å². The molecule has 0 saturated heterocycles. The maximum Gasteiger partial charge on any atom is 0.436 e. The maximum atomic E-state index is 14.4. The molecule has 0 N–H and O–H groups in total. The Morgan fingerprint density at radius 2 is 1.86 bits per heavy atom. The summed E-state index contributed by atoms with van der Waals surface area (Å²) in [6, 6.07) is 0.236. The number of carbonyl (C=O) groups excluding carboxylic acids is 1. The Hall–Kier alpha value is -2.73. The fourth-order valence-corrected chi connectivity index (χ4v) is 2.41. The molecule has 0 fully saturated rings. The van der Waals surface area contributed by atoms with Gasteiger partial charge in [-0.05, 0) is 12.1 Å². The molecule has 0 aliphatic heterocycles. The lowest BCUT2D eigenvalue weighted by Gasteiger charge is -2.16. The van der Waals surface area contributed by atoms with Crippen LogP contribution in [0.2, 0.25) is 5.02 Å². The number of rotatable bonds is 6. The minimum absolute atomic E-state index is 0.0404. The molecule has 0 saturated carbocycles. The van der Waals surface area contributed by atoms with Crippen molar-refractivity contribution in [3.8, 4) is 11.7 Å². The third-order valence-corrected chi connectivity index (χ3v) is 3.78. The number of aromatic nitrogens is 2. The second kappa shape index (κ2) is 8.74. The van der Waals surface area contributed by atoms with E-state index in [1.54, 1.807) is 0 Å². The van der Waals surface area contributed by atoms with E-state index in [0.717, 1.165) is 7.11 Å². The molecule has 29 heavy (non-hydrogen) atoms. The first kappa shape index (κ1) is 22.6. The highest BCUT2D eigenvalue weighted by molar-refractivity contribution is 6.33. The van der Waals surface area contributed by atoms with E-state index in [2.05, 4.69) is 9.72 Å². The van der Waals surface area contributed by atoms with Crippen molar-refractivity contribution in [1.82, 2.24) is 9.55 Å². The monoisotopic (exact) mass is 442 g/mol. The van der Waals surface area contributed by atoms with Crippen molar-refractivity contribution in [3.05, 3.63) is 50.4 Å². The van der Waals surface area contributed by atoms with Gasteiger partial charge >= 0.3 is 18.2 Å². The van der Waals surface area contributed by atoms with Crippen LogP contribution in [-0.4, -0.2) is 43.0 Å². The normalized spacial score (nSPS) is 11.4. The van der Waals surface area contributed by atoms with Crippen LogP contribution in [-0.2, 0) is 15.7 Å². The molecule has 2 aromatic rings. The standard InChI is InChI=1S/C16H12ClF5N2O5/c1-27-3-4-29-14(26)7-5-10(9(18)6-8(7)17)24-13(25)11(19)12(16(20,21)22)23-15(24)28-2/h5-6H,3-4H2,1-2H3. The summed E-state index contributed by atoms with van der Waals surface area (Å²) in [7, 11) is 2.19. The number of halogens is 6. The molecule has 1 heterocycles. The molecular weight excluding hydrogens is 431 g/mol. The van der Waals surface area contributed by atoms with E-state index in [1.807, 2.05) is 0 Å². The van der Waals surface area contributed by atoms with Crippen LogP contribution in [0.15, 0.2) is 16.9 Å². The van der Waals surface area contributed by atoms with E-state index in [9.17, 15) is 31.5 Å². The third-order valence-electron chi connectivity index (χ3n) is 3.47. The molecule has 0 unspecified atom stereocenters. The van der Waals surface area contributed by atoms with Crippen LogP contribution in [0.3, 0.4) is 0 Å². The first-order valence-corrected chi connectivity index (χ1v) is 7.99. The Morgan fingerprint density at radius 1 is 1.21 bits per heavy atom. The summed E-state index contributed by atoms with van der Waals surface area (Å²) < 4.78 is 81.2. The predicted molar refractivity (Wildman–Crippen MR) is 88.5 cm³/mol. The molecule has 158 valence electrons. The van der Waals surface area contributed by atoms with Crippen molar-refractivity contribution in [3.63, 3.8) is 0 Å². The SMILES string of the molecule is COCCOC(=O)c1cc(-n2c(OC)nc(C(F)(F)F)c(F)c2=O)c(F)cc1Cl. The van der Waals surface area contributed by atoms with Gasteiger partial charge in [-0.25, -0.2) is 13.8 Å². The number of carbonyl (C=O) groups is 1. The summed E-state index contributed by atoms with van der Waals surface area (Å²) in [5.41, 5.74) is -5.29. The minimum atomic E-state index is -5.30. The molecule has 1 aromatic carbocycles. The highest BCUT2D eigenvalue weighted by Gasteiger charge is 2.39. The smallest absolute Gasteiger partial charge is 0.436 e. The zero-order valence-electron chi connectivity index (χ0n) is 14.8. The number of hydrogen-bond acceptors (Lipinski definition) is 6. The van der Waals surface area contributed by atoms with Gasteiger partial charge in [0.25, 0.3) is 5.56 Å². The zero-order chi connectivity index (χ0) is 21.9. The molecule has 0 atom stereocenters. The zero-order valence-corrected chi connectivity index (χ0v) is 15.5. The molecule has 1 aromatic heterocycles. The van der Waals surface area contributed by atoms with Crippen molar-refractivity contribution in [2.45, 2.75) is 6.18 Å². The average molecular weight is 443 g/mol.